The third-order valence-electron chi connectivity index (χ3n) is 3.50. The average Bonchev–Trinajstić information content (AvgIpc) is 2.47. The van der Waals surface area contributed by atoms with Gasteiger partial charge in [0.05, 0.1) is 0 Å². The summed E-state index contributed by atoms with van der Waals surface area (Å²) in [5, 5.41) is 2.87. The molecule has 0 spiro atoms. The van der Waals surface area contributed by atoms with Crippen LogP contribution in [0.15, 0.2) is 24.3 Å². The summed E-state index contributed by atoms with van der Waals surface area (Å²) in [5.41, 5.74) is 0.818. The van der Waals surface area contributed by atoms with Crippen molar-refractivity contribution >= 4 is 17.5 Å². The number of benzene rings is 1. The molecule has 0 radical (unpaired) electrons. The average molecular weight is 304 g/mol. The van der Waals surface area contributed by atoms with Gasteiger partial charge < -0.3 is 10.2 Å². The number of unbranched alkanes of at least 4 members (excludes halogenated alkanes) is 1. The number of carbonyl (C=O) groups is 2. The zero-order chi connectivity index (χ0) is 16.8. The highest BCUT2D eigenvalue weighted by atomic mass is 16.2. The van der Waals surface area contributed by atoms with E-state index in [-0.39, 0.29) is 11.8 Å². The molecule has 4 nitrogen and oxygen atoms in total. The van der Waals surface area contributed by atoms with E-state index in [4.69, 9.17) is 0 Å². The number of carbonyl (C=O) groups excluding carboxylic acids is 2. The third kappa shape index (κ3) is 5.17. The van der Waals surface area contributed by atoms with Gasteiger partial charge in [-0.3, -0.25) is 9.59 Å². The molecule has 22 heavy (non-hydrogen) atoms. The van der Waals surface area contributed by atoms with Crippen molar-refractivity contribution in [3.05, 3.63) is 29.8 Å². The summed E-state index contributed by atoms with van der Waals surface area (Å²) < 4.78 is 0. The predicted octanol–water partition coefficient (Wildman–Crippen LogP) is 3.93. The normalized spacial score (nSPS) is 11.1. The lowest BCUT2D eigenvalue weighted by Gasteiger charge is -2.21. The first-order valence-electron chi connectivity index (χ1n) is 8.00. The Kier molecular flexibility index (Phi) is 6.60. The highest BCUT2D eigenvalue weighted by molar-refractivity contribution is 5.98. The van der Waals surface area contributed by atoms with Gasteiger partial charge in [0.15, 0.2) is 0 Å². The van der Waals surface area contributed by atoms with Crippen LogP contribution in [0.1, 0.15) is 57.8 Å². The monoisotopic (exact) mass is 304 g/mol. The fourth-order valence-corrected chi connectivity index (χ4v) is 1.98. The molecule has 1 N–H and O–H groups in total. The lowest BCUT2D eigenvalue weighted by molar-refractivity contribution is -0.123. The second-order valence-corrected chi connectivity index (χ2v) is 6.52. The van der Waals surface area contributed by atoms with Gasteiger partial charge in [0.25, 0.3) is 5.91 Å². The van der Waals surface area contributed by atoms with Crippen LogP contribution >= 0.6 is 0 Å². The molecule has 0 atom stereocenters. The van der Waals surface area contributed by atoms with Gasteiger partial charge in [-0.15, -0.1) is 0 Å². The summed E-state index contributed by atoms with van der Waals surface area (Å²) in [5.74, 6) is -0.0433. The molecule has 4 heteroatoms. The number of rotatable bonds is 6. The molecule has 0 aromatic heterocycles. The fraction of sp³-hybridized carbons (Fsp3) is 0.556. The van der Waals surface area contributed by atoms with Gasteiger partial charge in [-0.1, -0.05) is 40.2 Å². The Labute approximate surface area is 133 Å². The van der Waals surface area contributed by atoms with E-state index in [0.29, 0.717) is 17.8 Å². The van der Waals surface area contributed by atoms with Crippen LogP contribution in [0.4, 0.5) is 5.69 Å². The molecule has 0 unspecified atom stereocenters. The maximum atomic E-state index is 12.5. The molecular formula is C18H28N2O2. The Balaban J connectivity index is 2.86. The van der Waals surface area contributed by atoms with Crippen LogP contribution in [0.5, 0.6) is 0 Å². The molecule has 0 saturated carbocycles. The van der Waals surface area contributed by atoms with Crippen molar-refractivity contribution in [2.45, 2.75) is 47.5 Å². The van der Waals surface area contributed by atoms with Crippen LogP contribution in [0.2, 0.25) is 0 Å². The Hall–Kier alpha value is -1.84. The lowest BCUT2D eigenvalue weighted by Crippen LogP contribution is -2.32. The van der Waals surface area contributed by atoms with Crippen molar-refractivity contribution in [2.24, 2.45) is 5.41 Å². The number of hydrogen-bond donors (Lipinski definition) is 1. The summed E-state index contributed by atoms with van der Waals surface area (Å²) in [6.07, 6.45) is 2.06. The molecule has 0 aliphatic heterocycles. The van der Waals surface area contributed by atoms with Gasteiger partial charge in [0, 0.05) is 29.8 Å². The standard InChI is InChI=1S/C18H28N2O2/c1-6-8-12-20(7-2)16(21)14-10-9-11-15(13-14)19-17(22)18(3,4)5/h9-11,13H,6-8,12H2,1-5H3,(H,19,22). The molecule has 2 amide bonds. The second-order valence-electron chi connectivity index (χ2n) is 6.52. The molecule has 0 saturated heterocycles. The smallest absolute Gasteiger partial charge is 0.253 e. The maximum Gasteiger partial charge on any atom is 0.253 e. The lowest BCUT2D eigenvalue weighted by atomic mass is 9.95. The molecule has 0 fully saturated rings. The largest absolute Gasteiger partial charge is 0.339 e. The van der Waals surface area contributed by atoms with E-state index < -0.39 is 5.41 Å². The Morgan fingerprint density at radius 2 is 1.86 bits per heavy atom. The zero-order valence-electron chi connectivity index (χ0n) is 14.4. The molecule has 122 valence electrons. The van der Waals surface area contributed by atoms with Crippen LogP contribution in [-0.2, 0) is 4.79 Å². The highest BCUT2D eigenvalue weighted by Crippen LogP contribution is 2.19. The molecular weight excluding hydrogens is 276 g/mol. The number of nitrogens with one attached hydrogen (secondary N) is 1. The molecule has 0 bridgehead atoms. The number of hydrogen-bond acceptors (Lipinski definition) is 2. The minimum absolute atomic E-state index is 0.0165. The van der Waals surface area contributed by atoms with Crippen LogP contribution in [-0.4, -0.2) is 29.8 Å². The quantitative estimate of drug-likeness (QED) is 0.865. The van der Waals surface area contributed by atoms with E-state index >= 15 is 0 Å². The first kappa shape index (κ1) is 18.2. The van der Waals surface area contributed by atoms with Gasteiger partial charge in [0.2, 0.25) is 5.91 Å². The van der Waals surface area contributed by atoms with Gasteiger partial charge in [-0.05, 0) is 31.5 Å². The van der Waals surface area contributed by atoms with Crippen LogP contribution in [0, 0.1) is 5.41 Å². The molecule has 1 rings (SSSR count). The summed E-state index contributed by atoms with van der Waals surface area (Å²) >= 11 is 0. The minimum atomic E-state index is -0.462. The Morgan fingerprint density at radius 3 is 2.41 bits per heavy atom. The number of amides is 2. The Morgan fingerprint density at radius 1 is 1.18 bits per heavy atom. The second kappa shape index (κ2) is 7.97. The van der Waals surface area contributed by atoms with E-state index in [1.54, 1.807) is 18.2 Å². The Bertz CT molecular complexity index is 518. The maximum absolute atomic E-state index is 12.5. The summed E-state index contributed by atoms with van der Waals surface area (Å²) in [7, 11) is 0. The minimum Gasteiger partial charge on any atom is -0.339 e. The molecule has 0 aliphatic rings. The van der Waals surface area contributed by atoms with Crippen molar-refractivity contribution < 1.29 is 9.59 Å². The van der Waals surface area contributed by atoms with Crippen molar-refractivity contribution in [1.29, 1.82) is 0 Å². The molecule has 0 aliphatic carbocycles. The molecule has 0 heterocycles. The topological polar surface area (TPSA) is 49.4 Å². The van der Waals surface area contributed by atoms with Crippen molar-refractivity contribution in [1.82, 2.24) is 4.90 Å². The van der Waals surface area contributed by atoms with Crippen LogP contribution < -0.4 is 5.32 Å². The van der Waals surface area contributed by atoms with E-state index in [0.717, 1.165) is 19.4 Å². The third-order valence-corrected chi connectivity index (χ3v) is 3.50. The van der Waals surface area contributed by atoms with Crippen molar-refractivity contribution in [3.63, 3.8) is 0 Å². The van der Waals surface area contributed by atoms with Gasteiger partial charge in [-0.2, -0.15) is 0 Å². The fourth-order valence-electron chi connectivity index (χ4n) is 1.98. The number of nitrogens with zero attached hydrogens (tertiary/aromatic N) is 1. The molecule has 1 aromatic carbocycles. The summed E-state index contributed by atoms with van der Waals surface area (Å²) in [6.45, 7) is 11.1. The number of anilines is 1. The van der Waals surface area contributed by atoms with E-state index in [9.17, 15) is 9.59 Å². The summed E-state index contributed by atoms with van der Waals surface area (Å²) in [6, 6.07) is 7.16. The SMILES string of the molecule is CCCCN(CC)C(=O)c1cccc(NC(=O)C(C)(C)C)c1. The zero-order valence-corrected chi connectivity index (χ0v) is 14.4. The van der Waals surface area contributed by atoms with Crippen molar-refractivity contribution in [3.8, 4) is 0 Å². The van der Waals surface area contributed by atoms with E-state index in [1.807, 2.05) is 38.7 Å². The summed E-state index contributed by atoms with van der Waals surface area (Å²) in [4.78, 5) is 26.4. The van der Waals surface area contributed by atoms with Gasteiger partial charge >= 0.3 is 0 Å². The van der Waals surface area contributed by atoms with Crippen molar-refractivity contribution in [2.75, 3.05) is 18.4 Å². The first-order chi connectivity index (χ1) is 10.3. The van der Waals surface area contributed by atoms with Gasteiger partial charge in [0.1, 0.15) is 0 Å². The molecule has 1 aromatic rings. The van der Waals surface area contributed by atoms with Crippen LogP contribution in [0.3, 0.4) is 0 Å². The van der Waals surface area contributed by atoms with E-state index in [1.165, 1.54) is 0 Å². The predicted molar refractivity (Wildman–Crippen MR) is 91.0 cm³/mol. The van der Waals surface area contributed by atoms with Crippen LogP contribution in [0.25, 0.3) is 0 Å². The first-order valence-corrected chi connectivity index (χ1v) is 8.00. The highest BCUT2D eigenvalue weighted by Gasteiger charge is 2.21. The van der Waals surface area contributed by atoms with E-state index in [2.05, 4.69) is 12.2 Å². The van der Waals surface area contributed by atoms with Gasteiger partial charge in [-0.25, -0.2) is 0 Å².